The van der Waals surface area contributed by atoms with Gasteiger partial charge < -0.3 is 5.32 Å². The Labute approximate surface area is 98.8 Å². The van der Waals surface area contributed by atoms with Crippen LogP contribution in [0.25, 0.3) is 0 Å². The molecule has 0 aromatic heterocycles. The number of nitriles is 1. The van der Waals surface area contributed by atoms with E-state index >= 15 is 0 Å². The summed E-state index contributed by atoms with van der Waals surface area (Å²) in [5, 5.41) is 12.6. The van der Waals surface area contributed by atoms with Crippen molar-refractivity contribution >= 4 is 0 Å². The summed E-state index contributed by atoms with van der Waals surface area (Å²) in [7, 11) is 1.93. The van der Waals surface area contributed by atoms with Crippen molar-refractivity contribution < 1.29 is 0 Å². The molecule has 3 heteroatoms. The fourth-order valence-corrected chi connectivity index (χ4v) is 3.41. The molecule has 3 nitrogen and oxygen atoms in total. The predicted molar refractivity (Wildman–Crippen MR) is 65.1 cm³/mol. The third kappa shape index (κ3) is 2.09. The van der Waals surface area contributed by atoms with Crippen molar-refractivity contribution in [2.45, 2.75) is 63.1 Å². The first-order chi connectivity index (χ1) is 7.71. The number of likely N-dealkylation sites (tertiary alicyclic amines) is 1. The summed E-state index contributed by atoms with van der Waals surface area (Å²) in [4.78, 5) is 2.63. The van der Waals surface area contributed by atoms with Gasteiger partial charge in [0.1, 0.15) is 5.54 Å². The van der Waals surface area contributed by atoms with Gasteiger partial charge in [0, 0.05) is 12.1 Å². The molecule has 3 atom stereocenters. The molecule has 1 heterocycles. The highest BCUT2D eigenvalue weighted by Gasteiger charge is 2.39. The Hall–Kier alpha value is -0.590. The molecule has 3 unspecified atom stereocenters. The molecule has 0 aromatic rings. The Bertz CT molecular complexity index is 283. The summed E-state index contributed by atoms with van der Waals surface area (Å²) in [5.74, 6) is 0. The summed E-state index contributed by atoms with van der Waals surface area (Å²) in [6.45, 7) is 3.56. The molecule has 2 aliphatic rings. The second-order valence-electron chi connectivity index (χ2n) is 5.42. The highest BCUT2D eigenvalue weighted by atomic mass is 15.2. The second kappa shape index (κ2) is 4.73. The van der Waals surface area contributed by atoms with Crippen LogP contribution in [0, 0.1) is 11.3 Å². The lowest BCUT2D eigenvalue weighted by Gasteiger charge is -2.41. The van der Waals surface area contributed by atoms with Crippen LogP contribution in [0.3, 0.4) is 0 Å². The van der Waals surface area contributed by atoms with Gasteiger partial charge in [-0.2, -0.15) is 5.26 Å². The molecule has 0 bridgehead atoms. The van der Waals surface area contributed by atoms with Crippen LogP contribution in [0.1, 0.15) is 45.4 Å². The molecule has 1 N–H and O–H groups in total. The standard InChI is InChI=1S/C13H23N3/c1-11-5-4-8-16(11)12-6-3-7-13(9-12,10-14)15-2/h11-12,15H,3-9H2,1-2H3. The molecular formula is C13H23N3. The van der Waals surface area contributed by atoms with Gasteiger partial charge in [-0.1, -0.05) is 0 Å². The normalized spacial score (nSPS) is 40.8. The Morgan fingerprint density at radius 1 is 1.38 bits per heavy atom. The van der Waals surface area contributed by atoms with Crippen LogP contribution >= 0.6 is 0 Å². The number of rotatable bonds is 2. The van der Waals surface area contributed by atoms with Crippen LogP contribution in [0.4, 0.5) is 0 Å². The molecule has 0 spiro atoms. The van der Waals surface area contributed by atoms with Crippen LogP contribution in [0.2, 0.25) is 0 Å². The average Bonchev–Trinajstić information content (AvgIpc) is 2.75. The first-order valence-electron chi connectivity index (χ1n) is 6.57. The van der Waals surface area contributed by atoms with E-state index in [4.69, 9.17) is 0 Å². The van der Waals surface area contributed by atoms with Gasteiger partial charge in [0.2, 0.25) is 0 Å². The van der Waals surface area contributed by atoms with E-state index in [0.717, 1.165) is 18.9 Å². The predicted octanol–water partition coefficient (Wildman–Crippen LogP) is 1.90. The van der Waals surface area contributed by atoms with Gasteiger partial charge in [-0.15, -0.1) is 0 Å². The zero-order valence-corrected chi connectivity index (χ0v) is 10.5. The zero-order chi connectivity index (χ0) is 11.6. The Morgan fingerprint density at radius 3 is 2.75 bits per heavy atom. The van der Waals surface area contributed by atoms with E-state index < -0.39 is 0 Å². The molecule has 2 rings (SSSR count). The van der Waals surface area contributed by atoms with Gasteiger partial charge >= 0.3 is 0 Å². The van der Waals surface area contributed by atoms with E-state index in [0.29, 0.717) is 6.04 Å². The van der Waals surface area contributed by atoms with Gasteiger partial charge in [0.15, 0.2) is 0 Å². The van der Waals surface area contributed by atoms with E-state index in [2.05, 4.69) is 23.2 Å². The second-order valence-corrected chi connectivity index (χ2v) is 5.42. The van der Waals surface area contributed by atoms with Crippen molar-refractivity contribution in [3.05, 3.63) is 0 Å². The molecule has 1 aliphatic heterocycles. The smallest absolute Gasteiger partial charge is 0.108 e. The van der Waals surface area contributed by atoms with Gasteiger partial charge in [0.25, 0.3) is 0 Å². The van der Waals surface area contributed by atoms with Crippen LogP contribution in [-0.2, 0) is 0 Å². The highest BCUT2D eigenvalue weighted by Crippen LogP contribution is 2.33. The lowest BCUT2D eigenvalue weighted by Crippen LogP contribution is -2.52. The summed E-state index contributed by atoms with van der Waals surface area (Å²) in [5.41, 5.74) is -0.259. The molecular weight excluding hydrogens is 198 g/mol. The number of hydrogen-bond donors (Lipinski definition) is 1. The molecule has 1 aliphatic carbocycles. The van der Waals surface area contributed by atoms with Gasteiger partial charge in [-0.3, -0.25) is 4.90 Å². The van der Waals surface area contributed by atoms with Crippen molar-refractivity contribution in [1.29, 1.82) is 5.26 Å². The van der Waals surface area contributed by atoms with Crippen LogP contribution in [0.5, 0.6) is 0 Å². The van der Waals surface area contributed by atoms with Gasteiger partial charge in [0.05, 0.1) is 6.07 Å². The third-order valence-corrected chi connectivity index (χ3v) is 4.49. The fourth-order valence-electron chi connectivity index (χ4n) is 3.41. The maximum absolute atomic E-state index is 9.34. The number of nitrogens with zero attached hydrogens (tertiary/aromatic N) is 2. The van der Waals surface area contributed by atoms with E-state index in [1.54, 1.807) is 0 Å². The van der Waals surface area contributed by atoms with Crippen LogP contribution in [0.15, 0.2) is 0 Å². The fraction of sp³-hybridized carbons (Fsp3) is 0.923. The molecule has 0 aromatic carbocycles. The van der Waals surface area contributed by atoms with Crippen molar-refractivity contribution in [3.63, 3.8) is 0 Å². The highest BCUT2D eigenvalue weighted by molar-refractivity contribution is 5.11. The summed E-state index contributed by atoms with van der Waals surface area (Å²) in [6, 6.07) is 3.84. The monoisotopic (exact) mass is 221 g/mol. The van der Waals surface area contributed by atoms with Crippen molar-refractivity contribution in [3.8, 4) is 6.07 Å². The Morgan fingerprint density at radius 2 is 2.19 bits per heavy atom. The number of hydrogen-bond acceptors (Lipinski definition) is 3. The molecule has 0 radical (unpaired) electrons. The number of nitrogens with one attached hydrogen (secondary N) is 1. The topological polar surface area (TPSA) is 39.1 Å². The molecule has 16 heavy (non-hydrogen) atoms. The SMILES string of the molecule is CNC1(C#N)CCCC(N2CCCC2C)C1. The van der Waals surface area contributed by atoms with E-state index in [-0.39, 0.29) is 5.54 Å². The molecule has 1 saturated carbocycles. The van der Waals surface area contributed by atoms with Crippen molar-refractivity contribution in [1.82, 2.24) is 10.2 Å². The minimum atomic E-state index is -0.259. The zero-order valence-electron chi connectivity index (χ0n) is 10.5. The minimum absolute atomic E-state index is 0.259. The maximum Gasteiger partial charge on any atom is 0.108 e. The summed E-state index contributed by atoms with van der Waals surface area (Å²) < 4.78 is 0. The molecule has 0 amide bonds. The first kappa shape index (κ1) is 11.9. The van der Waals surface area contributed by atoms with E-state index in [1.807, 2.05) is 7.05 Å². The molecule has 2 fully saturated rings. The van der Waals surface area contributed by atoms with Crippen molar-refractivity contribution in [2.75, 3.05) is 13.6 Å². The molecule has 1 saturated heterocycles. The summed E-state index contributed by atoms with van der Waals surface area (Å²) >= 11 is 0. The van der Waals surface area contributed by atoms with E-state index in [9.17, 15) is 5.26 Å². The third-order valence-electron chi connectivity index (χ3n) is 4.49. The Balaban J connectivity index is 2.04. The average molecular weight is 221 g/mol. The van der Waals surface area contributed by atoms with Gasteiger partial charge in [-0.25, -0.2) is 0 Å². The summed E-state index contributed by atoms with van der Waals surface area (Å²) in [6.07, 6.45) is 7.13. The molecule has 90 valence electrons. The maximum atomic E-state index is 9.34. The lowest BCUT2D eigenvalue weighted by atomic mass is 9.79. The van der Waals surface area contributed by atoms with Gasteiger partial charge in [-0.05, 0) is 59.0 Å². The lowest BCUT2D eigenvalue weighted by molar-refractivity contribution is 0.118. The van der Waals surface area contributed by atoms with E-state index in [1.165, 1.54) is 32.2 Å². The van der Waals surface area contributed by atoms with Crippen LogP contribution in [-0.4, -0.2) is 36.1 Å². The quantitative estimate of drug-likeness (QED) is 0.774. The van der Waals surface area contributed by atoms with Crippen molar-refractivity contribution in [2.24, 2.45) is 0 Å². The minimum Gasteiger partial charge on any atom is -0.302 e. The van der Waals surface area contributed by atoms with Crippen LogP contribution < -0.4 is 5.32 Å². The Kier molecular flexibility index (Phi) is 3.51. The largest absolute Gasteiger partial charge is 0.302 e. The first-order valence-corrected chi connectivity index (χ1v) is 6.57.